The van der Waals surface area contributed by atoms with E-state index in [9.17, 15) is 8.42 Å². The summed E-state index contributed by atoms with van der Waals surface area (Å²) in [6, 6.07) is 0.417. The highest BCUT2D eigenvalue weighted by Gasteiger charge is 2.30. The number of imidazole rings is 1. The van der Waals surface area contributed by atoms with Crippen LogP contribution in [-0.4, -0.2) is 48.5 Å². The van der Waals surface area contributed by atoms with E-state index in [0.717, 1.165) is 19.4 Å². The summed E-state index contributed by atoms with van der Waals surface area (Å²) in [5.74, 6) is 0.464. The van der Waals surface area contributed by atoms with Crippen molar-refractivity contribution < 1.29 is 8.42 Å². The largest absolute Gasteiger partial charge is 0.336 e. The quantitative estimate of drug-likeness (QED) is 0.878. The van der Waals surface area contributed by atoms with Crippen molar-refractivity contribution in [3.8, 4) is 0 Å². The zero-order valence-electron chi connectivity index (χ0n) is 12.4. The van der Waals surface area contributed by atoms with E-state index in [4.69, 9.17) is 0 Å². The molecule has 1 aliphatic heterocycles. The van der Waals surface area contributed by atoms with Gasteiger partial charge in [0.2, 0.25) is 0 Å². The second-order valence-corrected chi connectivity index (χ2v) is 7.65. The molecule has 1 saturated heterocycles. The fourth-order valence-corrected chi connectivity index (χ4v) is 3.92. The SMILES string of the molecule is CNC1CCN(S(=O)(=O)c2cn(CC(C)C)cn2)CC1. The van der Waals surface area contributed by atoms with Gasteiger partial charge in [0, 0.05) is 31.9 Å². The Bertz CT molecular complexity index is 530. The van der Waals surface area contributed by atoms with Gasteiger partial charge in [-0.15, -0.1) is 0 Å². The van der Waals surface area contributed by atoms with E-state index in [1.165, 1.54) is 0 Å². The average Bonchev–Trinajstić information content (AvgIpc) is 2.87. The summed E-state index contributed by atoms with van der Waals surface area (Å²) < 4.78 is 28.4. The molecule has 1 aromatic rings. The molecule has 1 aromatic heterocycles. The highest BCUT2D eigenvalue weighted by atomic mass is 32.2. The zero-order valence-corrected chi connectivity index (χ0v) is 13.2. The van der Waals surface area contributed by atoms with Gasteiger partial charge in [-0.25, -0.2) is 13.4 Å². The van der Waals surface area contributed by atoms with E-state index in [2.05, 4.69) is 24.1 Å². The van der Waals surface area contributed by atoms with Gasteiger partial charge >= 0.3 is 0 Å². The third kappa shape index (κ3) is 3.39. The van der Waals surface area contributed by atoms with Gasteiger partial charge in [-0.3, -0.25) is 0 Å². The minimum atomic E-state index is -3.44. The molecule has 0 saturated carbocycles. The summed E-state index contributed by atoms with van der Waals surface area (Å²) >= 11 is 0. The Kier molecular flexibility index (Phi) is 4.82. The molecule has 0 aromatic carbocycles. The first kappa shape index (κ1) is 15.5. The number of hydrogen-bond donors (Lipinski definition) is 1. The van der Waals surface area contributed by atoms with Crippen molar-refractivity contribution in [3.05, 3.63) is 12.5 Å². The maximum absolute atomic E-state index is 12.5. The summed E-state index contributed by atoms with van der Waals surface area (Å²) in [7, 11) is -1.52. The summed E-state index contributed by atoms with van der Waals surface area (Å²) in [4.78, 5) is 4.07. The van der Waals surface area contributed by atoms with E-state index in [0.29, 0.717) is 25.0 Å². The minimum absolute atomic E-state index is 0.168. The van der Waals surface area contributed by atoms with Gasteiger partial charge in [-0.1, -0.05) is 13.8 Å². The highest BCUT2D eigenvalue weighted by Crippen LogP contribution is 2.19. The van der Waals surface area contributed by atoms with Crippen LogP contribution in [0.2, 0.25) is 0 Å². The van der Waals surface area contributed by atoms with Crippen molar-refractivity contribution in [1.29, 1.82) is 0 Å². The Morgan fingerprint density at radius 3 is 2.60 bits per heavy atom. The van der Waals surface area contributed by atoms with Crippen molar-refractivity contribution in [1.82, 2.24) is 19.2 Å². The van der Waals surface area contributed by atoms with Crippen LogP contribution in [0.5, 0.6) is 0 Å². The summed E-state index contributed by atoms with van der Waals surface area (Å²) in [6.07, 6.45) is 4.94. The van der Waals surface area contributed by atoms with E-state index in [1.54, 1.807) is 16.8 Å². The first-order valence-electron chi connectivity index (χ1n) is 7.12. The number of aromatic nitrogens is 2. The van der Waals surface area contributed by atoms with Crippen LogP contribution in [0, 0.1) is 5.92 Å². The summed E-state index contributed by atoms with van der Waals surface area (Å²) in [6.45, 7) is 6.09. The molecule has 20 heavy (non-hydrogen) atoms. The van der Waals surface area contributed by atoms with Crippen LogP contribution >= 0.6 is 0 Å². The number of nitrogens with one attached hydrogen (secondary N) is 1. The number of sulfonamides is 1. The zero-order chi connectivity index (χ0) is 14.8. The Morgan fingerprint density at radius 1 is 1.40 bits per heavy atom. The molecule has 0 amide bonds. The molecular weight excluding hydrogens is 276 g/mol. The van der Waals surface area contributed by atoms with Gasteiger partial charge in [-0.05, 0) is 25.8 Å². The van der Waals surface area contributed by atoms with Crippen molar-refractivity contribution in [2.24, 2.45) is 5.92 Å². The molecule has 0 radical (unpaired) electrons. The molecule has 0 aliphatic carbocycles. The van der Waals surface area contributed by atoms with E-state index in [1.807, 2.05) is 11.6 Å². The molecule has 0 spiro atoms. The van der Waals surface area contributed by atoms with Crippen molar-refractivity contribution >= 4 is 10.0 Å². The molecule has 0 bridgehead atoms. The molecule has 1 fully saturated rings. The van der Waals surface area contributed by atoms with Crippen molar-refractivity contribution in [2.75, 3.05) is 20.1 Å². The van der Waals surface area contributed by atoms with Gasteiger partial charge in [0.1, 0.15) is 0 Å². The maximum Gasteiger partial charge on any atom is 0.262 e. The number of piperidine rings is 1. The lowest BCUT2D eigenvalue weighted by Crippen LogP contribution is -2.43. The summed E-state index contributed by atoms with van der Waals surface area (Å²) in [5, 5.41) is 3.37. The maximum atomic E-state index is 12.5. The molecule has 1 N–H and O–H groups in total. The molecular formula is C13H24N4O2S. The summed E-state index contributed by atoms with van der Waals surface area (Å²) in [5.41, 5.74) is 0. The molecule has 114 valence electrons. The Balaban J connectivity index is 2.08. The van der Waals surface area contributed by atoms with Gasteiger partial charge in [-0.2, -0.15) is 4.31 Å². The standard InChI is InChI=1S/C13H24N4O2S/c1-11(2)8-16-9-13(15-10-16)20(18,19)17-6-4-12(14-3)5-7-17/h9-12,14H,4-8H2,1-3H3. The minimum Gasteiger partial charge on any atom is -0.336 e. The van der Waals surface area contributed by atoms with Gasteiger partial charge < -0.3 is 9.88 Å². The number of hydrogen-bond acceptors (Lipinski definition) is 4. The molecule has 0 atom stereocenters. The van der Waals surface area contributed by atoms with Crippen LogP contribution in [0.3, 0.4) is 0 Å². The fourth-order valence-electron chi connectivity index (χ4n) is 2.51. The van der Waals surface area contributed by atoms with E-state index < -0.39 is 10.0 Å². The van der Waals surface area contributed by atoms with Gasteiger partial charge in [0.05, 0.1) is 6.33 Å². The van der Waals surface area contributed by atoms with E-state index in [-0.39, 0.29) is 5.03 Å². The van der Waals surface area contributed by atoms with Crippen LogP contribution in [-0.2, 0) is 16.6 Å². The number of nitrogens with zero attached hydrogens (tertiary/aromatic N) is 3. The predicted molar refractivity (Wildman–Crippen MR) is 77.9 cm³/mol. The Labute approximate surface area is 121 Å². The number of rotatable bonds is 5. The highest BCUT2D eigenvalue weighted by molar-refractivity contribution is 7.89. The van der Waals surface area contributed by atoms with Crippen molar-refractivity contribution in [2.45, 2.75) is 44.3 Å². The lowest BCUT2D eigenvalue weighted by molar-refractivity contribution is 0.298. The Morgan fingerprint density at radius 2 is 2.05 bits per heavy atom. The lowest BCUT2D eigenvalue weighted by Gasteiger charge is -2.30. The van der Waals surface area contributed by atoms with Crippen LogP contribution in [0.15, 0.2) is 17.6 Å². The topological polar surface area (TPSA) is 67.2 Å². The van der Waals surface area contributed by atoms with Crippen LogP contribution < -0.4 is 5.32 Å². The molecule has 6 nitrogen and oxygen atoms in total. The fraction of sp³-hybridized carbons (Fsp3) is 0.769. The van der Waals surface area contributed by atoms with E-state index >= 15 is 0 Å². The second kappa shape index (κ2) is 6.24. The normalized spacial score (nSPS) is 18.8. The average molecular weight is 300 g/mol. The monoisotopic (exact) mass is 300 g/mol. The second-order valence-electron chi connectivity index (χ2n) is 5.77. The first-order valence-corrected chi connectivity index (χ1v) is 8.56. The molecule has 2 heterocycles. The van der Waals surface area contributed by atoms with Crippen LogP contribution in [0.25, 0.3) is 0 Å². The Hall–Kier alpha value is -0.920. The van der Waals surface area contributed by atoms with Crippen LogP contribution in [0.1, 0.15) is 26.7 Å². The molecule has 0 unspecified atom stereocenters. The lowest BCUT2D eigenvalue weighted by atomic mass is 10.1. The van der Waals surface area contributed by atoms with Crippen LogP contribution in [0.4, 0.5) is 0 Å². The smallest absolute Gasteiger partial charge is 0.262 e. The van der Waals surface area contributed by atoms with Gasteiger partial charge in [0.25, 0.3) is 10.0 Å². The van der Waals surface area contributed by atoms with Gasteiger partial charge in [0.15, 0.2) is 5.03 Å². The third-order valence-corrected chi connectivity index (χ3v) is 5.44. The molecule has 1 aliphatic rings. The first-order chi connectivity index (χ1) is 9.43. The molecule has 2 rings (SSSR count). The predicted octanol–water partition coefficient (Wildman–Crippen LogP) is 0.912. The van der Waals surface area contributed by atoms with Crippen molar-refractivity contribution in [3.63, 3.8) is 0 Å². The molecule has 7 heteroatoms. The third-order valence-electron chi connectivity index (χ3n) is 3.65.